The zero-order chi connectivity index (χ0) is 13.9. The highest BCUT2D eigenvalue weighted by atomic mass is 14.6. The van der Waals surface area contributed by atoms with Gasteiger partial charge in [-0.1, -0.05) is 60.7 Å². The monoisotopic (exact) mass is 260 g/mol. The van der Waals surface area contributed by atoms with Crippen molar-refractivity contribution in [2.45, 2.75) is 0 Å². The number of rotatable bonds is 2. The summed E-state index contributed by atoms with van der Waals surface area (Å²) < 4.78 is 0. The molecule has 0 amide bonds. The summed E-state index contributed by atoms with van der Waals surface area (Å²) in [4.78, 5) is 0. The van der Waals surface area contributed by atoms with Crippen LogP contribution in [0, 0.1) is 0 Å². The van der Waals surface area contributed by atoms with Crippen molar-refractivity contribution in [3.8, 4) is 22.3 Å². The molecule has 98 valence electrons. The summed E-state index contributed by atoms with van der Waals surface area (Å²) in [6.07, 6.45) is 0. The molecule has 0 heterocycles. The lowest BCUT2D eigenvalue weighted by atomic mass is 9.96. The van der Waals surface area contributed by atoms with E-state index < -0.39 is 0 Å². The van der Waals surface area contributed by atoms with Gasteiger partial charge in [-0.15, -0.1) is 0 Å². The van der Waals surface area contributed by atoms with Gasteiger partial charge in [0.2, 0.25) is 0 Å². The van der Waals surface area contributed by atoms with E-state index in [0.717, 1.165) is 22.3 Å². The second-order valence-electron chi connectivity index (χ2n) is 4.76. The summed E-state index contributed by atoms with van der Waals surface area (Å²) in [5, 5.41) is 0. The van der Waals surface area contributed by atoms with Gasteiger partial charge in [0.25, 0.3) is 0 Å². The Bertz CT molecular complexity index is 696. The van der Waals surface area contributed by atoms with E-state index in [0.29, 0.717) is 11.4 Å². The van der Waals surface area contributed by atoms with Crippen molar-refractivity contribution in [3.63, 3.8) is 0 Å². The first-order valence-electron chi connectivity index (χ1n) is 6.55. The minimum atomic E-state index is 0.704. The predicted octanol–water partition coefficient (Wildman–Crippen LogP) is 4.19. The SMILES string of the molecule is Nc1cc(-c2ccccc2)cc(N)c1-c1ccccc1. The van der Waals surface area contributed by atoms with Gasteiger partial charge in [0, 0.05) is 16.9 Å². The molecule has 3 aromatic carbocycles. The number of nitrogen functional groups attached to an aromatic ring is 2. The van der Waals surface area contributed by atoms with Crippen LogP contribution in [0.3, 0.4) is 0 Å². The van der Waals surface area contributed by atoms with E-state index in [2.05, 4.69) is 12.1 Å². The van der Waals surface area contributed by atoms with Gasteiger partial charge in [-0.05, 0) is 28.8 Å². The highest BCUT2D eigenvalue weighted by Gasteiger charge is 2.09. The van der Waals surface area contributed by atoms with Crippen LogP contribution in [0.5, 0.6) is 0 Å². The molecule has 0 fully saturated rings. The first-order valence-corrected chi connectivity index (χ1v) is 6.55. The van der Waals surface area contributed by atoms with Crippen molar-refractivity contribution in [3.05, 3.63) is 72.8 Å². The van der Waals surface area contributed by atoms with E-state index in [4.69, 9.17) is 11.5 Å². The Morgan fingerprint density at radius 2 is 0.950 bits per heavy atom. The molecular weight excluding hydrogens is 244 g/mol. The lowest BCUT2D eigenvalue weighted by Gasteiger charge is -2.12. The van der Waals surface area contributed by atoms with Crippen molar-refractivity contribution in [2.75, 3.05) is 11.5 Å². The maximum atomic E-state index is 6.21. The molecule has 0 unspecified atom stereocenters. The predicted molar refractivity (Wildman–Crippen MR) is 86.1 cm³/mol. The molecule has 0 saturated carbocycles. The Kier molecular flexibility index (Phi) is 3.13. The van der Waals surface area contributed by atoms with E-state index in [1.165, 1.54) is 0 Å². The summed E-state index contributed by atoms with van der Waals surface area (Å²) in [7, 11) is 0. The Labute approximate surface area is 118 Å². The van der Waals surface area contributed by atoms with Crippen LogP contribution in [0.15, 0.2) is 72.8 Å². The molecule has 0 saturated heterocycles. The standard InChI is InChI=1S/C18H16N2/c19-16-11-15(13-7-3-1-4-8-13)12-17(20)18(16)14-9-5-2-6-10-14/h1-12H,19-20H2. The highest BCUT2D eigenvalue weighted by molar-refractivity contribution is 5.90. The molecule has 0 aliphatic heterocycles. The third-order valence-corrected chi connectivity index (χ3v) is 3.37. The fraction of sp³-hybridized carbons (Fsp3) is 0. The quantitative estimate of drug-likeness (QED) is 0.679. The maximum absolute atomic E-state index is 6.21. The average Bonchev–Trinajstić information content (AvgIpc) is 2.48. The summed E-state index contributed by atoms with van der Waals surface area (Å²) in [5.74, 6) is 0. The van der Waals surface area contributed by atoms with Gasteiger partial charge < -0.3 is 11.5 Å². The number of benzene rings is 3. The van der Waals surface area contributed by atoms with Gasteiger partial charge in [0.1, 0.15) is 0 Å². The minimum Gasteiger partial charge on any atom is -0.398 e. The molecule has 4 N–H and O–H groups in total. The summed E-state index contributed by atoms with van der Waals surface area (Å²) in [6.45, 7) is 0. The first-order chi connectivity index (χ1) is 9.75. The van der Waals surface area contributed by atoms with Crippen LogP contribution < -0.4 is 11.5 Å². The van der Waals surface area contributed by atoms with Crippen LogP contribution >= 0.6 is 0 Å². The Balaban J connectivity index is 2.13. The van der Waals surface area contributed by atoms with Crippen LogP contribution in [-0.2, 0) is 0 Å². The number of anilines is 2. The minimum absolute atomic E-state index is 0.704. The van der Waals surface area contributed by atoms with E-state index in [1.807, 2.05) is 60.7 Å². The molecule has 0 spiro atoms. The van der Waals surface area contributed by atoms with Crippen LogP contribution in [0.1, 0.15) is 0 Å². The normalized spacial score (nSPS) is 10.4. The zero-order valence-corrected chi connectivity index (χ0v) is 11.1. The number of hydrogen-bond acceptors (Lipinski definition) is 2. The first kappa shape index (κ1) is 12.3. The largest absolute Gasteiger partial charge is 0.398 e. The van der Waals surface area contributed by atoms with Crippen molar-refractivity contribution >= 4 is 11.4 Å². The fourth-order valence-electron chi connectivity index (χ4n) is 2.42. The summed E-state index contributed by atoms with van der Waals surface area (Å²) in [5.41, 5.74) is 17.9. The van der Waals surface area contributed by atoms with Crippen LogP contribution in [-0.4, -0.2) is 0 Å². The van der Waals surface area contributed by atoms with Crippen molar-refractivity contribution in [2.24, 2.45) is 0 Å². The number of hydrogen-bond donors (Lipinski definition) is 2. The van der Waals surface area contributed by atoms with Gasteiger partial charge in [-0.2, -0.15) is 0 Å². The van der Waals surface area contributed by atoms with E-state index in [-0.39, 0.29) is 0 Å². The molecule has 0 radical (unpaired) electrons. The molecule has 20 heavy (non-hydrogen) atoms. The smallest absolute Gasteiger partial charge is 0.0420 e. The fourth-order valence-corrected chi connectivity index (χ4v) is 2.42. The molecule has 3 rings (SSSR count). The van der Waals surface area contributed by atoms with Crippen molar-refractivity contribution in [1.82, 2.24) is 0 Å². The Morgan fingerprint density at radius 3 is 1.45 bits per heavy atom. The van der Waals surface area contributed by atoms with E-state index >= 15 is 0 Å². The van der Waals surface area contributed by atoms with Gasteiger partial charge in [0.15, 0.2) is 0 Å². The highest BCUT2D eigenvalue weighted by Crippen LogP contribution is 2.35. The molecular formula is C18H16N2. The topological polar surface area (TPSA) is 52.0 Å². The van der Waals surface area contributed by atoms with Gasteiger partial charge in [-0.3, -0.25) is 0 Å². The maximum Gasteiger partial charge on any atom is 0.0420 e. The lowest BCUT2D eigenvalue weighted by molar-refractivity contribution is 1.58. The second-order valence-corrected chi connectivity index (χ2v) is 4.76. The molecule has 3 aromatic rings. The Hall–Kier alpha value is -2.74. The van der Waals surface area contributed by atoms with Crippen LogP contribution in [0.2, 0.25) is 0 Å². The van der Waals surface area contributed by atoms with Gasteiger partial charge in [0.05, 0.1) is 0 Å². The average molecular weight is 260 g/mol. The van der Waals surface area contributed by atoms with Crippen LogP contribution in [0.4, 0.5) is 11.4 Å². The molecule has 2 heteroatoms. The molecule has 0 bridgehead atoms. The van der Waals surface area contributed by atoms with Crippen molar-refractivity contribution in [1.29, 1.82) is 0 Å². The van der Waals surface area contributed by atoms with Gasteiger partial charge >= 0.3 is 0 Å². The molecule has 0 aliphatic carbocycles. The molecule has 2 nitrogen and oxygen atoms in total. The molecule has 0 aliphatic rings. The van der Waals surface area contributed by atoms with E-state index in [1.54, 1.807) is 0 Å². The summed E-state index contributed by atoms with van der Waals surface area (Å²) >= 11 is 0. The molecule has 0 atom stereocenters. The Morgan fingerprint density at radius 1 is 0.500 bits per heavy atom. The number of nitrogens with two attached hydrogens (primary N) is 2. The van der Waals surface area contributed by atoms with E-state index in [9.17, 15) is 0 Å². The summed E-state index contributed by atoms with van der Waals surface area (Å²) in [6, 6.07) is 24.1. The third-order valence-electron chi connectivity index (χ3n) is 3.37. The molecule has 0 aromatic heterocycles. The van der Waals surface area contributed by atoms with Crippen LogP contribution in [0.25, 0.3) is 22.3 Å². The lowest BCUT2D eigenvalue weighted by Crippen LogP contribution is -1.97. The third kappa shape index (κ3) is 2.24. The zero-order valence-electron chi connectivity index (χ0n) is 11.1. The van der Waals surface area contributed by atoms with Crippen molar-refractivity contribution < 1.29 is 0 Å². The second kappa shape index (κ2) is 5.10. The van der Waals surface area contributed by atoms with Gasteiger partial charge in [-0.25, -0.2) is 0 Å².